The van der Waals surface area contributed by atoms with E-state index >= 15 is 0 Å². The van der Waals surface area contributed by atoms with Gasteiger partial charge in [-0.3, -0.25) is 9.69 Å². The third-order valence-electron chi connectivity index (χ3n) is 6.36. The van der Waals surface area contributed by atoms with Crippen molar-refractivity contribution in [2.75, 3.05) is 44.7 Å². The number of ether oxygens (including phenoxy) is 1. The van der Waals surface area contributed by atoms with E-state index in [1.165, 1.54) is 6.07 Å². The molecule has 30 heavy (non-hydrogen) atoms. The number of nitrogens with zero attached hydrogens (tertiary/aromatic N) is 3. The van der Waals surface area contributed by atoms with Gasteiger partial charge in [-0.25, -0.2) is 4.39 Å². The van der Waals surface area contributed by atoms with E-state index in [4.69, 9.17) is 4.74 Å². The van der Waals surface area contributed by atoms with Gasteiger partial charge in [-0.1, -0.05) is 12.1 Å². The second-order valence-corrected chi connectivity index (χ2v) is 8.28. The third-order valence-corrected chi connectivity index (χ3v) is 6.36. The molecular weight excluding hydrogens is 381 g/mol. The first-order valence-corrected chi connectivity index (χ1v) is 10.7. The molecule has 0 N–H and O–H groups in total. The van der Waals surface area contributed by atoms with Crippen molar-refractivity contribution in [1.82, 2.24) is 9.80 Å². The number of anilines is 1. The van der Waals surface area contributed by atoms with Crippen LogP contribution in [-0.4, -0.2) is 61.6 Å². The van der Waals surface area contributed by atoms with E-state index in [2.05, 4.69) is 9.80 Å². The molecular formula is C24H30FN3O2. The van der Waals surface area contributed by atoms with Gasteiger partial charge < -0.3 is 14.5 Å². The molecule has 0 bridgehead atoms. The Morgan fingerprint density at radius 3 is 2.40 bits per heavy atom. The Balaban J connectivity index is 1.29. The summed E-state index contributed by atoms with van der Waals surface area (Å²) < 4.78 is 18.6. The fraction of sp³-hybridized carbons (Fsp3) is 0.458. The third kappa shape index (κ3) is 4.59. The fourth-order valence-corrected chi connectivity index (χ4v) is 4.60. The van der Waals surface area contributed by atoms with Crippen molar-refractivity contribution in [2.45, 2.75) is 32.4 Å². The van der Waals surface area contributed by atoms with Gasteiger partial charge in [0.1, 0.15) is 11.6 Å². The molecule has 2 aliphatic rings. The van der Waals surface area contributed by atoms with E-state index in [1.807, 2.05) is 42.2 Å². The van der Waals surface area contributed by atoms with Crippen LogP contribution in [0.15, 0.2) is 42.5 Å². The van der Waals surface area contributed by atoms with E-state index < -0.39 is 0 Å². The summed E-state index contributed by atoms with van der Waals surface area (Å²) in [6, 6.07) is 13.4. The molecule has 0 radical (unpaired) electrons. The Kier molecular flexibility index (Phi) is 6.23. The van der Waals surface area contributed by atoms with Crippen molar-refractivity contribution < 1.29 is 13.9 Å². The summed E-state index contributed by atoms with van der Waals surface area (Å²) in [5.41, 5.74) is 3.23. The van der Waals surface area contributed by atoms with Gasteiger partial charge in [-0.2, -0.15) is 0 Å². The van der Waals surface area contributed by atoms with Gasteiger partial charge in [-0.05, 0) is 61.2 Å². The molecule has 2 fully saturated rings. The molecule has 2 aromatic carbocycles. The molecule has 0 saturated carbocycles. The molecule has 160 valence electrons. The highest BCUT2D eigenvalue weighted by Gasteiger charge is 2.31. The number of hydrogen-bond acceptors (Lipinski definition) is 4. The van der Waals surface area contributed by atoms with Crippen LogP contribution in [0.1, 0.15) is 24.0 Å². The van der Waals surface area contributed by atoms with Crippen LogP contribution in [0, 0.1) is 12.7 Å². The molecule has 2 heterocycles. The zero-order valence-corrected chi connectivity index (χ0v) is 17.8. The van der Waals surface area contributed by atoms with Crippen LogP contribution >= 0.6 is 0 Å². The fourth-order valence-electron chi connectivity index (χ4n) is 4.60. The zero-order chi connectivity index (χ0) is 21.1. The highest BCUT2D eigenvalue weighted by atomic mass is 19.1. The number of carbonyl (C=O) groups excluding carboxylic acids is 1. The minimum atomic E-state index is -0.183. The number of piperidine rings is 1. The number of amides is 1. The predicted molar refractivity (Wildman–Crippen MR) is 116 cm³/mol. The first-order valence-electron chi connectivity index (χ1n) is 10.7. The molecule has 1 amide bonds. The maximum absolute atomic E-state index is 13.4. The average Bonchev–Trinajstić information content (AvgIpc) is 2.76. The summed E-state index contributed by atoms with van der Waals surface area (Å²) in [4.78, 5) is 19.4. The molecule has 0 aliphatic carbocycles. The summed E-state index contributed by atoms with van der Waals surface area (Å²) in [6.45, 7) is 6.68. The summed E-state index contributed by atoms with van der Waals surface area (Å²) in [7, 11) is 1.66. The van der Waals surface area contributed by atoms with Gasteiger partial charge >= 0.3 is 0 Å². The second-order valence-electron chi connectivity index (χ2n) is 8.28. The van der Waals surface area contributed by atoms with Crippen LogP contribution < -0.4 is 9.64 Å². The topological polar surface area (TPSA) is 36.0 Å². The maximum Gasteiger partial charge on any atom is 0.237 e. The van der Waals surface area contributed by atoms with Gasteiger partial charge in [0.2, 0.25) is 5.91 Å². The maximum atomic E-state index is 13.4. The van der Waals surface area contributed by atoms with Crippen molar-refractivity contribution in [3.05, 3.63) is 59.4 Å². The van der Waals surface area contributed by atoms with Crippen LogP contribution in [0.4, 0.5) is 10.1 Å². The van der Waals surface area contributed by atoms with E-state index in [-0.39, 0.29) is 11.7 Å². The standard InChI is InChI=1S/C24H30FN3O2/c1-18-15-20(25)5-8-23(18)26-11-9-21(10-12-26)27-13-14-28(24(29)17-27)16-19-3-6-22(30-2)7-4-19/h3-8,15,21H,9-14,16-17H2,1-2H3. The molecule has 0 aromatic heterocycles. The molecule has 0 spiro atoms. The molecule has 2 aromatic rings. The first kappa shape index (κ1) is 20.7. The van der Waals surface area contributed by atoms with Crippen LogP contribution in [0.25, 0.3) is 0 Å². The lowest BCUT2D eigenvalue weighted by Gasteiger charge is -2.43. The van der Waals surface area contributed by atoms with Crippen LogP contribution in [-0.2, 0) is 11.3 Å². The number of benzene rings is 2. The number of halogens is 1. The minimum absolute atomic E-state index is 0.183. The van der Waals surface area contributed by atoms with Gasteiger partial charge in [-0.15, -0.1) is 0 Å². The number of aryl methyl sites for hydroxylation is 1. The molecule has 2 saturated heterocycles. The molecule has 2 aliphatic heterocycles. The average molecular weight is 412 g/mol. The zero-order valence-electron chi connectivity index (χ0n) is 17.8. The van der Waals surface area contributed by atoms with Crippen LogP contribution in [0.3, 0.4) is 0 Å². The Morgan fingerprint density at radius 2 is 1.77 bits per heavy atom. The van der Waals surface area contributed by atoms with Gasteiger partial charge in [0.05, 0.1) is 13.7 Å². The minimum Gasteiger partial charge on any atom is -0.497 e. The number of carbonyl (C=O) groups is 1. The number of methoxy groups -OCH3 is 1. The number of piperazine rings is 1. The van der Waals surface area contributed by atoms with Crippen LogP contribution in [0.5, 0.6) is 5.75 Å². The van der Waals surface area contributed by atoms with Crippen molar-refractivity contribution in [3.63, 3.8) is 0 Å². The van der Waals surface area contributed by atoms with E-state index in [9.17, 15) is 9.18 Å². The van der Waals surface area contributed by atoms with Crippen LogP contribution in [0.2, 0.25) is 0 Å². The van der Waals surface area contributed by atoms with E-state index in [1.54, 1.807) is 13.2 Å². The summed E-state index contributed by atoms with van der Waals surface area (Å²) >= 11 is 0. The molecule has 6 heteroatoms. The monoisotopic (exact) mass is 411 g/mol. The van der Waals surface area contributed by atoms with E-state index in [0.29, 0.717) is 19.1 Å². The Labute approximate surface area is 178 Å². The Bertz CT molecular complexity index is 879. The molecule has 5 nitrogen and oxygen atoms in total. The lowest BCUT2D eigenvalue weighted by Crippen LogP contribution is -2.55. The van der Waals surface area contributed by atoms with Crippen molar-refractivity contribution >= 4 is 11.6 Å². The normalized spacial score (nSPS) is 18.7. The highest BCUT2D eigenvalue weighted by molar-refractivity contribution is 5.79. The lowest BCUT2D eigenvalue weighted by molar-refractivity contribution is -0.138. The SMILES string of the molecule is COc1ccc(CN2CCN(C3CCN(c4ccc(F)cc4C)CC3)CC2=O)cc1. The summed E-state index contributed by atoms with van der Waals surface area (Å²) in [6.07, 6.45) is 2.06. The largest absolute Gasteiger partial charge is 0.497 e. The predicted octanol–water partition coefficient (Wildman–Crippen LogP) is 3.46. The van der Waals surface area contributed by atoms with Gasteiger partial charge in [0.15, 0.2) is 0 Å². The molecule has 0 atom stereocenters. The van der Waals surface area contributed by atoms with Gasteiger partial charge in [0, 0.05) is 44.5 Å². The van der Waals surface area contributed by atoms with Gasteiger partial charge in [0.25, 0.3) is 0 Å². The highest BCUT2D eigenvalue weighted by Crippen LogP contribution is 2.27. The van der Waals surface area contributed by atoms with E-state index in [0.717, 1.165) is 61.6 Å². The Morgan fingerprint density at radius 1 is 1.03 bits per heavy atom. The van der Waals surface area contributed by atoms with Crippen molar-refractivity contribution in [3.8, 4) is 5.75 Å². The Hall–Kier alpha value is -2.60. The number of rotatable bonds is 5. The smallest absolute Gasteiger partial charge is 0.237 e. The first-order chi connectivity index (χ1) is 14.5. The number of hydrogen-bond donors (Lipinski definition) is 0. The lowest BCUT2D eigenvalue weighted by atomic mass is 10.0. The quantitative estimate of drug-likeness (QED) is 0.755. The molecule has 0 unspecified atom stereocenters. The summed E-state index contributed by atoms with van der Waals surface area (Å²) in [5.74, 6) is 0.850. The molecule has 4 rings (SSSR count). The van der Waals surface area contributed by atoms with Crippen molar-refractivity contribution in [1.29, 1.82) is 0 Å². The second kappa shape index (κ2) is 9.04. The summed E-state index contributed by atoms with van der Waals surface area (Å²) in [5, 5.41) is 0. The van der Waals surface area contributed by atoms with Crippen molar-refractivity contribution in [2.24, 2.45) is 0 Å².